The predicted octanol–water partition coefficient (Wildman–Crippen LogP) is 2.54. The normalized spacial score (nSPS) is 10.2. The van der Waals surface area contributed by atoms with Gasteiger partial charge in [-0.25, -0.2) is 9.97 Å². The van der Waals surface area contributed by atoms with Crippen LogP contribution < -0.4 is 5.32 Å². The van der Waals surface area contributed by atoms with E-state index in [4.69, 9.17) is 0 Å². The van der Waals surface area contributed by atoms with Gasteiger partial charge in [0.15, 0.2) is 0 Å². The minimum Gasteiger partial charge on any atom is -0.344 e. The summed E-state index contributed by atoms with van der Waals surface area (Å²) < 4.78 is 0.688. The van der Waals surface area contributed by atoms with E-state index in [9.17, 15) is 4.79 Å². The second kappa shape index (κ2) is 5.37. The topological polar surface area (TPSA) is 54.9 Å². The van der Waals surface area contributed by atoms with E-state index >= 15 is 0 Å². The second-order valence-corrected chi connectivity index (χ2v) is 5.55. The van der Waals surface area contributed by atoms with Crippen LogP contribution in [0.1, 0.15) is 20.4 Å². The zero-order chi connectivity index (χ0) is 12.3. The largest absolute Gasteiger partial charge is 0.344 e. The van der Waals surface area contributed by atoms with Gasteiger partial charge in [0.2, 0.25) is 0 Å². The molecule has 6 heteroatoms. The number of aryl methyl sites for hydroxylation is 1. The van der Waals surface area contributed by atoms with Crippen molar-refractivity contribution in [3.63, 3.8) is 0 Å². The Balaban J connectivity index is 2.01. The predicted molar refractivity (Wildman–Crippen MR) is 70.0 cm³/mol. The highest BCUT2D eigenvalue weighted by atomic mass is 79.9. The van der Waals surface area contributed by atoms with Gasteiger partial charge in [-0.1, -0.05) is 0 Å². The summed E-state index contributed by atoms with van der Waals surface area (Å²) in [5.74, 6) is -0.203. The van der Waals surface area contributed by atoms with Crippen molar-refractivity contribution in [3.8, 4) is 0 Å². The molecule has 0 aliphatic heterocycles. The van der Waals surface area contributed by atoms with Crippen LogP contribution in [0, 0.1) is 6.92 Å². The van der Waals surface area contributed by atoms with Crippen molar-refractivity contribution in [1.29, 1.82) is 0 Å². The van der Waals surface area contributed by atoms with Crippen LogP contribution in [-0.4, -0.2) is 15.9 Å². The number of hydrogen-bond acceptors (Lipinski definition) is 4. The first-order chi connectivity index (χ1) is 8.16. The van der Waals surface area contributed by atoms with Gasteiger partial charge in [0.1, 0.15) is 10.7 Å². The summed E-state index contributed by atoms with van der Waals surface area (Å²) in [4.78, 5) is 21.1. The van der Waals surface area contributed by atoms with Crippen LogP contribution in [0.15, 0.2) is 29.0 Å². The van der Waals surface area contributed by atoms with E-state index in [1.54, 1.807) is 35.9 Å². The maximum atomic E-state index is 11.8. The molecule has 0 aromatic carbocycles. The van der Waals surface area contributed by atoms with Crippen molar-refractivity contribution in [1.82, 2.24) is 15.3 Å². The molecule has 2 aromatic heterocycles. The average molecular weight is 312 g/mol. The van der Waals surface area contributed by atoms with Gasteiger partial charge in [0.05, 0.1) is 6.54 Å². The molecule has 0 saturated heterocycles. The number of nitrogens with one attached hydrogen (secondary N) is 1. The molecule has 2 heterocycles. The third-order valence-electron chi connectivity index (χ3n) is 2.04. The van der Waals surface area contributed by atoms with Gasteiger partial charge >= 0.3 is 0 Å². The lowest BCUT2D eigenvalue weighted by Gasteiger charge is -2.03. The zero-order valence-electron chi connectivity index (χ0n) is 9.11. The molecule has 88 valence electrons. The number of amides is 1. The van der Waals surface area contributed by atoms with E-state index in [-0.39, 0.29) is 5.91 Å². The summed E-state index contributed by atoms with van der Waals surface area (Å²) >= 11 is 4.86. The number of thiazole rings is 1. The molecular formula is C11H10BrN3OS. The molecule has 0 bridgehead atoms. The lowest BCUT2D eigenvalue weighted by Crippen LogP contribution is -2.24. The quantitative estimate of drug-likeness (QED) is 0.947. The Bertz CT molecular complexity index is 541. The minimum absolute atomic E-state index is 0.203. The minimum atomic E-state index is -0.203. The van der Waals surface area contributed by atoms with Crippen molar-refractivity contribution in [3.05, 3.63) is 44.6 Å². The molecule has 0 unspecified atom stereocenters. The smallest absolute Gasteiger partial charge is 0.271 e. The zero-order valence-corrected chi connectivity index (χ0v) is 11.5. The number of aromatic nitrogens is 2. The summed E-state index contributed by atoms with van der Waals surface area (Å²) in [5.41, 5.74) is 0.390. The van der Waals surface area contributed by atoms with Crippen LogP contribution in [0.5, 0.6) is 0 Å². The molecule has 2 aromatic rings. The fraction of sp³-hybridized carbons (Fsp3) is 0.182. The third-order valence-corrected chi connectivity index (χ3v) is 3.60. The fourth-order valence-electron chi connectivity index (χ4n) is 1.28. The lowest BCUT2D eigenvalue weighted by atomic mass is 10.3. The van der Waals surface area contributed by atoms with Crippen LogP contribution >= 0.6 is 27.3 Å². The molecule has 4 nitrogen and oxygen atoms in total. The van der Waals surface area contributed by atoms with Gasteiger partial charge in [-0.3, -0.25) is 4.79 Å². The van der Waals surface area contributed by atoms with Crippen LogP contribution in [0.2, 0.25) is 0 Å². The molecule has 1 amide bonds. The molecule has 0 radical (unpaired) electrons. The SMILES string of the molecule is Cc1cnc(CNC(=O)c2ncccc2Br)s1. The molecule has 0 aliphatic carbocycles. The maximum Gasteiger partial charge on any atom is 0.271 e. The number of rotatable bonds is 3. The van der Waals surface area contributed by atoms with Gasteiger partial charge in [-0.15, -0.1) is 11.3 Å². The van der Waals surface area contributed by atoms with Crippen molar-refractivity contribution in [2.45, 2.75) is 13.5 Å². The van der Waals surface area contributed by atoms with E-state index < -0.39 is 0 Å². The molecular weight excluding hydrogens is 302 g/mol. The molecule has 1 N–H and O–H groups in total. The summed E-state index contributed by atoms with van der Waals surface area (Å²) in [6, 6.07) is 3.56. The molecule has 0 aliphatic rings. The summed E-state index contributed by atoms with van der Waals surface area (Å²) in [6.07, 6.45) is 3.38. The van der Waals surface area contributed by atoms with Gasteiger partial charge in [0.25, 0.3) is 5.91 Å². The van der Waals surface area contributed by atoms with E-state index in [0.717, 1.165) is 9.88 Å². The Kier molecular flexibility index (Phi) is 3.86. The highest BCUT2D eigenvalue weighted by molar-refractivity contribution is 9.10. The van der Waals surface area contributed by atoms with E-state index in [2.05, 4.69) is 31.2 Å². The Morgan fingerprint density at radius 3 is 3.00 bits per heavy atom. The van der Waals surface area contributed by atoms with Crippen LogP contribution in [0.4, 0.5) is 0 Å². The number of halogens is 1. The standard InChI is InChI=1S/C11H10BrN3OS/c1-7-5-14-9(17-7)6-15-11(16)10-8(12)3-2-4-13-10/h2-5H,6H2,1H3,(H,15,16). The molecule has 17 heavy (non-hydrogen) atoms. The van der Waals surface area contributed by atoms with Crippen molar-refractivity contribution >= 4 is 33.2 Å². The van der Waals surface area contributed by atoms with Gasteiger partial charge in [-0.2, -0.15) is 0 Å². The first kappa shape index (κ1) is 12.2. The Hall–Kier alpha value is -1.27. The van der Waals surface area contributed by atoms with Crippen LogP contribution in [0.25, 0.3) is 0 Å². The summed E-state index contributed by atoms with van der Waals surface area (Å²) in [6.45, 7) is 2.42. The van der Waals surface area contributed by atoms with E-state index in [1.807, 2.05) is 6.92 Å². The average Bonchev–Trinajstić information content (AvgIpc) is 2.73. The van der Waals surface area contributed by atoms with Crippen molar-refractivity contribution in [2.75, 3.05) is 0 Å². The van der Waals surface area contributed by atoms with Crippen molar-refractivity contribution < 1.29 is 4.79 Å². The van der Waals surface area contributed by atoms with E-state index in [0.29, 0.717) is 16.7 Å². The summed E-state index contributed by atoms with van der Waals surface area (Å²) in [7, 11) is 0. The highest BCUT2D eigenvalue weighted by Gasteiger charge is 2.11. The van der Waals surface area contributed by atoms with Crippen molar-refractivity contribution in [2.24, 2.45) is 0 Å². The first-order valence-electron chi connectivity index (χ1n) is 4.97. The van der Waals surface area contributed by atoms with Crippen LogP contribution in [0.3, 0.4) is 0 Å². The first-order valence-corrected chi connectivity index (χ1v) is 6.58. The molecule has 0 atom stereocenters. The van der Waals surface area contributed by atoms with Gasteiger partial charge in [-0.05, 0) is 35.0 Å². The number of carbonyl (C=O) groups is 1. The number of hydrogen-bond donors (Lipinski definition) is 1. The Labute approximate surface area is 111 Å². The Morgan fingerprint density at radius 2 is 2.35 bits per heavy atom. The maximum absolute atomic E-state index is 11.8. The molecule has 2 rings (SSSR count). The number of nitrogens with zero attached hydrogens (tertiary/aromatic N) is 2. The highest BCUT2D eigenvalue weighted by Crippen LogP contribution is 2.14. The fourth-order valence-corrected chi connectivity index (χ4v) is 2.44. The Morgan fingerprint density at radius 1 is 1.53 bits per heavy atom. The monoisotopic (exact) mass is 311 g/mol. The van der Waals surface area contributed by atoms with Gasteiger partial charge < -0.3 is 5.32 Å². The second-order valence-electron chi connectivity index (χ2n) is 3.38. The van der Waals surface area contributed by atoms with Gasteiger partial charge in [0, 0.05) is 21.7 Å². The van der Waals surface area contributed by atoms with Crippen LogP contribution in [-0.2, 0) is 6.54 Å². The molecule has 0 fully saturated rings. The lowest BCUT2D eigenvalue weighted by molar-refractivity contribution is 0.0945. The van der Waals surface area contributed by atoms with E-state index in [1.165, 1.54) is 0 Å². The summed E-state index contributed by atoms with van der Waals surface area (Å²) in [5, 5.41) is 3.68. The third kappa shape index (κ3) is 3.10. The number of carbonyl (C=O) groups excluding carboxylic acids is 1. The molecule has 0 saturated carbocycles. The molecule has 0 spiro atoms. The number of pyridine rings is 1.